The Labute approximate surface area is 128 Å². The lowest BCUT2D eigenvalue weighted by Gasteiger charge is -2.05. The van der Waals surface area contributed by atoms with Gasteiger partial charge in [0.2, 0.25) is 5.91 Å². The highest BCUT2D eigenvalue weighted by Crippen LogP contribution is 2.12. The number of pyridine rings is 1. The summed E-state index contributed by atoms with van der Waals surface area (Å²) in [5.41, 5.74) is 3.83. The van der Waals surface area contributed by atoms with E-state index in [1.165, 1.54) is 0 Å². The Balaban J connectivity index is 1.60. The maximum atomic E-state index is 12.1. The second-order valence-corrected chi connectivity index (χ2v) is 5.37. The Kier molecular flexibility index (Phi) is 3.91. The minimum absolute atomic E-state index is 0.0117. The first-order valence-corrected chi connectivity index (χ1v) is 7.30. The van der Waals surface area contributed by atoms with Crippen LogP contribution < -0.4 is 5.32 Å². The van der Waals surface area contributed by atoms with Crippen molar-refractivity contribution in [3.05, 3.63) is 53.7 Å². The molecule has 3 rings (SSSR count). The number of rotatable bonds is 5. The van der Waals surface area contributed by atoms with Crippen LogP contribution in [0.2, 0.25) is 0 Å². The Hall–Kier alpha value is -2.63. The maximum absolute atomic E-state index is 12.1. The van der Waals surface area contributed by atoms with E-state index >= 15 is 0 Å². The molecule has 0 radical (unpaired) electrons. The molecule has 0 aliphatic rings. The van der Waals surface area contributed by atoms with Gasteiger partial charge < -0.3 is 9.72 Å². The molecular weight excluding hydrogens is 278 g/mol. The first kappa shape index (κ1) is 14.3. The van der Waals surface area contributed by atoms with Gasteiger partial charge in [-0.05, 0) is 31.0 Å². The number of hydrogen-bond acceptors (Lipinski definition) is 3. The third-order valence-electron chi connectivity index (χ3n) is 3.65. The van der Waals surface area contributed by atoms with Crippen LogP contribution in [0.4, 0.5) is 0 Å². The molecule has 0 spiro atoms. The van der Waals surface area contributed by atoms with E-state index in [9.17, 15) is 4.79 Å². The van der Waals surface area contributed by atoms with Gasteiger partial charge in [-0.1, -0.05) is 6.07 Å². The molecule has 0 aliphatic heterocycles. The Morgan fingerprint density at radius 3 is 3.00 bits per heavy atom. The molecule has 3 heterocycles. The molecule has 0 aliphatic carbocycles. The van der Waals surface area contributed by atoms with Crippen LogP contribution in [-0.2, 0) is 24.7 Å². The topological polar surface area (TPSA) is 64.2 Å². The molecule has 3 aromatic heterocycles. The lowest BCUT2D eigenvalue weighted by molar-refractivity contribution is -0.120. The molecule has 3 aromatic rings. The zero-order chi connectivity index (χ0) is 15.5. The minimum atomic E-state index is 0.0117. The molecule has 1 N–H and O–H groups in total. The van der Waals surface area contributed by atoms with Crippen LogP contribution >= 0.6 is 0 Å². The van der Waals surface area contributed by atoms with Crippen LogP contribution in [0.1, 0.15) is 17.0 Å². The van der Waals surface area contributed by atoms with Crippen LogP contribution in [0.3, 0.4) is 0 Å². The first-order chi connectivity index (χ1) is 10.6. The molecule has 6 nitrogen and oxygen atoms in total. The molecule has 0 atom stereocenters. The summed E-state index contributed by atoms with van der Waals surface area (Å²) in [6, 6.07) is 5.83. The third kappa shape index (κ3) is 3.00. The van der Waals surface area contributed by atoms with Gasteiger partial charge >= 0.3 is 0 Å². The van der Waals surface area contributed by atoms with Crippen LogP contribution in [0.5, 0.6) is 0 Å². The summed E-state index contributed by atoms with van der Waals surface area (Å²) in [5, 5.41) is 7.07. The highest BCUT2D eigenvalue weighted by Gasteiger charge is 2.12. The lowest BCUT2D eigenvalue weighted by atomic mass is 10.2. The van der Waals surface area contributed by atoms with Crippen LogP contribution in [0, 0.1) is 6.92 Å². The molecule has 0 bridgehead atoms. The number of aromatic nitrogens is 4. The average molecular weight is 297 g/mol. The van der Waals surface area contributed by atoms with Gasteiger partial charge in [0, 0.05) is 26.0 Å². The van der Waals surface area contributed by atoms with Crippen LogP contribution in [0.25, 0.3) is 5.65 Å². The third-order valence-corrected chi connectivity index (χ3v) is 3.65. The summed E-state index contributed by atoms with van der Waals surface area (Å²) in [5.74, 6) is 0.0117. The highest BCUT2D eigenvalue weighted by atomic mass is 16.1. The smallest absolute Gasteiger partial charge is 0.226 e. The van der Waals surface area contributed by atoms with Crippen molar-refractivity contribution in [3.63, 3.8) is 0 Å². The quantitative estimate of drug-likeness (QED) is 0.771. The van der Waals surface area contributed by atoms with Gasteiger partial charge in [-0.2, -0.15) is 5.10 Å². The molecule has 6 heteroatoms. The standard InChI is InChI=1S/C16H19N5O/c1-12-14(21-8-4-3-5-15(21)19-12)9-16(22)17-7-6-13-10-18-20(2)11-13/h3-5,8,10-11H,6-7,9H2,1-2H3,(H,17,22). The number of nitrogens with zero attached hydrogens (tertiary/aromatic N) is 4. The molecule has 0 aromatic carbocycles. The van der Waals surface area contributed by atoms with Crippen molar-refractivity contribution in [2.24, 2.45) is 7.05 Å². The number of hydrogen-bond donors (Lipinski definition) is 1. The Bertz CT molecular complexity index is 802. The fourth-order valence-electron chi connectivity index (χ4n) is 2.54. The van der Waals surface area contributed by atoms with E-state index in [0.717, 1.165) is 29.0 Å². The number of amides is 1. The molecular formula is C16H19N5O. The van der Waals surface area contributed by atoms with Crippen molar-refractivity contribution in [2.45, 2.75) is 19.8 Å². The second kappa shape index (κ2) is 6.01. The summed E-state index contributed by atoms with van der Waals surface area (Å²) in [6.45, 7) is 2.55. The summed E-state index contributed by atoms with van der Waals surface area (Å²) in [7, 11) is 1.88. The van der Waals surface area contributed by atoms with E-state index in [1.54, 1.807) is 4.68 Å². The molecule has 0 fully saturated rings. The second-order valence-electron chi connectivity index (χ2n) is 5.37. The minimum Gasteiger partial charge on any atom is -0.355 e. The van der Waals surface area contributed by atoms with Gasteiger partial charge in [0.15, 0.2) is 0 Å². The van der Waals surface area contributed by atoms with Gasteiger partial charge in [-0.3, -0.25) is 9.48 Å². The van der Waals surface area contributed by atoms with E-state index in [-0.39, 0.29) is 5.91 Å². The Morgan fingerprint density at radius 1 is 1.36 bits per heavy atom. The molecule has 0 saturated carbocycles. The monoisotopic (exact) mass is 297 g/mol. The van der Waals surface area contributed by atoms with Gasteiger partial charge in [0.25, 0.3) is 0 Å². The first-order valence-electron chi connectivity index (χ1n) is 7.30. The molecule has 1 amide bonds. The van der Waals surface area contributed by atoms with Crippen molar-refractivity contribution in [3.8, 4) is 0 Å². The summed E-state index contributed by atoms with van der Waals surface area (Å²) in [4.78, 5) is 16.6. The fourth-order valence-corrected chi connectivity index (χ4v) is 2.54. The van der Waals surface area contributed by atoms with Gasteiger partial charge in [-0.15, -0.1) is 0 Å². The SMILES string of the molecule is Cc1nc2ccccn2c1CC(=O)NCCc1cnn(C)c1. The van der Waals surface area contributed by atoms with E-state index in [1.807, 2.05) is 55.2 Å². The molecule has 114 valence electrons. The predicted molar refractivity (Wildman–Crippen MR) is 83.6 cm³/mol. The van der Waals surface area contributed by atoms with Crippen molar-refractivity contribution in [1.82, 2.24) is 24.5 Å². The zero-order valence-corrected chi connectivity index (χ0v) is 12.8. The highest BCUT2D eigenvalue weighted by molar-refractivity contribution is 5.78. The van der Waals surface area contributed by atoms with Gasteiger partial charge in [0.05, 0.1) is 24.0 Å². The molecule has 22 heavy (non-hydrogen) atoms. The van der Waals surface area contributed by atoms with Crippen molar-refractivity contribution in [2.75, 3.05) is 6.54 Å². The van der Waals surface area contributed by atoms with Crippen molar-refractivity contribution in [1.29, 1.82) is 0 Å². The maximum Gasteiger partial charge on any atom is 0.226 e. The molecule has 0 saturated heterocycles. The van der Waals surface area contributed by atoms with Crippen molar-refractivity contribution >= 4 is 11.6 Å². The average Bonchev–Trinajstić information content (AvgIpc) is 3.03. The molecule has 0 unspecified atom stereocenters. The normalized spacial score (nSPS) is 11.0. The summed E-state index contributed by atoms with van der Waals surface area (Å²) < 4.78 is 3.73. The van der Waals surface area contributed by atoms with Gasteiger partial charge in [0.1, 0.15) is 5.65 Å². The number of imidazole rings is 1. The number of carbonyl (C=O) groups excluding carboxylic acids is 1. The largest absolute Gasteiger partial charge is 0.355 e. The van der Waals surface area contributed by atoms with Crippen LogP contribution in [-0.4, -0.2) is 31.6 Å². The zero-order valence-electron chi connectivity index (χ0n) is 12.8. The number of nitrogens with one attached hydrogen (secondary N) is 1. The lowest BCUT2D eigenvalue weighted by Crippen LogP contribution is -2.27. The van der Waals surface area contributed by atoms with E-state index in [4.69, 9.17) is 0 Å². The predicted octanol–water partition coefficient (Wildman–Crippen LogP) is 1.28. The summed E-state index contributed by atoms with van der Waals surface area (Å²) in [6.07, 6.45) is 6.84. The van der Waals surface area contributed by atoms with Crippen molar-refractivity contribution < 1.29 is 4.79 Å². The van der Waals surface area contributed by atoms with E-state index in [2.05, 4.69) is 15.4 Å². The van der Waals surface area contributed by atoms with E-state index < -0.39 is 0 Å². The van der Waals surface area contributed by atoms with Crippen LogP contribution in [0.15, 0.2) is 36.8 Å². The van der Waals surface area contributed by atoms with E-state index in [0.29, 0.717) is 13.0 Å². The number of fused-ring (bicyclic) bond motifs is 1. The number of aryl methyl sites for hydroxylation is 2. The summed E-state index contributed by atoms with van der Waals surface area (Å²) >= 11 is 0. The fraction of sp³-hybridized carbons (Fsp3) is 0.312. The number of carbonyl (C=O) groups is 1. The van der Waals surface area contributed by atoms with Gasteiger partial charge in [-0.25, -0.2) is 4.98 Å². The Morgan fingerprint density at radius 2 is 2.23 bits per heavy atom.